The van der Waals surface area contributed by atoms with Gasteiger partial charge in [-0.25, -0.2) is 0 Å². The molecule has 2 nitrogen and oxygen atoms in total. The molecule has 1 saturated carbocycles. The Balaban J connectivity index is 0.00000176. The van der Waals surface area contributed by atoms with Gasteiger partial charge in [0.15, 0.2) is 0 Å². The van der Waals surface area contributed by atoms with Gasteiger partial charge in [-0.3, -0.25) is 0 Å². The van der Waals surface area contributed by atoms with Crippen LogP contribution in [0.1, 0.15) is 43.4 Å². The van der Waals surface area contributed by atoms with Crippen molar-refractivity contribution < 1.29 is 4.42 Å². The maximum absolute atomic E-state index is 6.18. The van der Waals surface area contributed by atoms with Crippen molar-refractivity contribution in [2.24, 2.45) is 0 Å². The number of nitrogens with one attached hydrogen (secondary N) is 1. The molecule has 22 heavy (non-hydrogen) atoms. The molecule has 1 heterocycles. The van der Waals surface area contributed by atoms with Crippen LogP contribution in [0.5, 0.6) is 0 Å². The lowest BCUT2D eigenvalue weighted by atomic mass is 9.95. The molecule has 1 aliphatic rings. The Labute approximate surface area is 143 Å². The second kappa shape index (κ2) is 8.05. The van der Waals surface area contributed by atoms with Crippen LogP contribution in [0.4, 0.5) is 0 Å². The van der Waals surface area contributed by atoms with E-state index in [1.807, 2.05) is 25.1 Å². The van der Waals surface area contributed by atoms with Gasteiger partial charge in [-0.15, -0.1) is 12.4 Å². The van der Waals surface area contributed by atoms with E-state index in [1.54, 1.807) is 0 Å². The lowest BCUT2D eigenvalue weighted by Gasteiger charge is -2.22. The van der Waals surface area contributed by atoms with Crippen LogP contribution >= 0.6 is 24.0 Å². The first-order valence-corrected chi connectivity index (χ1v) is 8.19. The largest absolute Gasteiger partial charge is 0.460 e. The monoisotopic (exact) mass is 339 g/mol. The first-order valence-electron chi connectivity index (χ1n) is 7.81. The highest BCUT2D eigenvalue weighted by Crippen LogP contribution is 2.27. The summed E-state index contributed by atoms with van der Waals surface area (Å²) in [6.45, 7) is 2.82. The summed E-state index contributed by atoms with van der Waals surface area (Å²) in [4.78, 5) is 0. The van der Waals surface area contributed by atoms with Gasteiger partial charge in [-0.2, -0.15) is 0 Å². The van der Waals surface area contributed by atoms with E-state index in [2.05, 4.69) is 17.4 Å². The Morgan fingerprint density at radius 2 is 1.91 bits per heavy atom. The molecule has 0 saturated heterocycles. The van der Waals surface area contributed by atoms with Crippen molar-refractivity contribution in [2.75, 3.05) is 0 Å². The van der Waals surface area contributed by atoms with Crippen LogP contribution in [0.2, 0.25) is 5.02 Å². The fourth-order valence-corrected chi connectivity index (χ4v) is 3.11. The molecule has 0 radical (unpaired) electrons. The summed E-state index contributed by atoms with van der Waals surface area (Å²) in [5.74, 6) is 1.88. The van der Waals surface area contributed by atoms with Gasteiger partial charge in [-0.05, 0) is 43.5 Å². The molecule has 0 amide bonds. The second-order valence-electron chi connectivity index (χ2n) is 5.95. The van der Waals surface area contributed by atoms with Crippen molar-refractivity contribution in [2.45, 2.75) is 51.6 Å². The SMILES string of the molecule is Cc1ccc(-c2ccc(CNC3CCCCC3)o2)cc1Cl.Cl. The average Bonchev–Trinajstić information content (AvgIpc) is 2.98. The van der Waals surface area contributed by atoms with Crippen LogP contribution in [0, 0.1) is 6.92 Å². The summed E-state index contributed by atoms with van der Waals surface area (Å²) in [6, 6.07) is 10.8. The Bertz CT molecular complexity index is 603. The Morgan fingerprint density at radius 3 is 2.64 bits per heavy atom. The second-order valence-corrected chi connectivity index (χ2v) is 6.35. The van der Waals surface area contributed by atoms with Crippen molar-refractivity contribution in [3.8, 4) is 11.3 Å². The molecule has 1 aliphatic carbocycles. The summed E-state index contributed by atoms with van der Waals surface area (Å²) in [6.07, 6.45) is 6.67. The van der Waals surface area contributed by atoms with E-state index in [1.165, 1.54) is 32.1 Å². The number of hydrogen-bond acceptors (Lipinski definition) is 2. The molecule has 0 spiro atoms. The van der Waals surface area contributed by atoms with E-state index in [9.17, 15) is 0 Å². The minimum Gasteiger partial charge on any atom is -0.460 e. The number of aryl methyl sites for hydroxylation is 1. The highest BCUT2D eigenvalue weighted by molar-refractivity contribution is 6.31. The highest BCUT2D eigenvalue weighted by atomic mass is 35.5. The van der Waals surface area contributed by atoms with Crippen LogP contribution in [0.3, 0.4) is 0 Å². The summed E-state index contributed by atoms with van der Waals surface area (Å²) in [5, 5.41) is 4.39. The highest BCUT2D eigenvalue weighted by Gasteiger charge is 2.13. The summed E-state index contributed by atoms with van der Waals surface area (Å²) >= 11 is 6.18. The minimum atomic E-state index is 0. The molecule has 1 aromatic carbocycles. The van der Waals surface area contributed by atoms with Crippen molar-refractivity contribution in [3.05, 3.63) is 46.7 Å². The number of rotatable bonds is 4. The Hall–Kier alpha value is -0.960. The standard InChI is InChI=1S/C18H22ClNO.ClH/c1-13-7-8-14(11-17(13)19)18-10-9-16(21-18)12-20-15-5-3-2-4-6-15;/h7-11,15,20H,2-6,12H2,1H3;1H. The maximum Gasteiger partial charge on any atom is 0.134 e. The zero-order chi connectivity index (χ0) is 14.7. The molecular weight excluding hydrogens is 317 g/mol. The van der Waals surface area contributed by atoms with Crippen LogP contribution in [0.25, 0.3) is 11.3 Å². The molecule has 4 heteroatoms. The molecular formula is C18H23Cl2NO. The van der Waals surface area contributed by atoms with Crippen LogP contribution in [-0.4, -0.2) is 6.04 Å². The van der Waals surface area contributed by atoms with Gasteiger partial charge in [0.05, 0.1) is 6.54 Å². The third kappa shape index (κ3) is 4.28. The van der Waals surface area contributed by atoms with Gasteiger partial charge in [0.25, 0.3) is 0 Å². The predicted octanol–water partition coefficient (Wildman–Crippen LogP) is 5.75. The molecule has 1 fully saturated rings. The average molecular weight is 340 g/mol. The summed E-state index contributed by atoms with van der Waals surface area (Å²) in [5.41, 5.74) is 2.13. The van der Waals surface area contributed by atoms with Crippen molar-refractivity contribution >= 4 is 24.0 Å². The summed E-state index contributed by atoms with van der Waals surface area (Å²) in [7, 11) is 0. The topological polar surface area (TPSA) is 25.2 Å². The Kier molecular flexibility index (Phi) is 6.37. The third-order valence-electron chi connectivity index (χ3n) is 4.29. The molecule has 0 unspecified atom stereocenters. The van der Waals surface area contributed by atoms with Crippen molar-refractivity contribution in [1.29, 1.82) is 0 Å². The maximum atomic E-state index is 6.18. The first-order chi connectivity index (χ1) is 10.2. The number of hydrogen-bond donors (Lipinski definition) is 1. The zero-order valence-corrected chi connectivity index (χ0v) is 14.5. The number of halogens is 2. The molecule has 1 aromatic heterocycles. The molecule has 0 aliphatic heterocycles. The lowest BCUT2D eigenvalue weighted by molar-refractivity contribution is 0.358. The minimum absolute atomic E-state index is 0. The number of benzene rings is 1. The fraction of sp³-hybridized carbons (Fsp3) is 0.444. The normalized spacial score (nSPS) is 15.5. The van der Waals surface area contributed by atoms with Gasteiger partial charge in [0, 0.05) is 16.6 Å². The molecule has 1 N–H and O–H groups in total. The van der Waals surface area contributed by atoms with Crippen molar-refractivity contribution in [3.63, 3.8) is 0 Å². The summed E-state index contributed by atoms with van der Waals surface area (Å²) < 4.78 is 5.93. The predicted molar refractivity (Wildman–Crippen MR) is 94.9 cm³/mol. The van der Waals surface area contributed by atoms with E-state index >= 15 is 0 Å². The first kappa shape index (κ1) is 17.4. The Morgan fingerprint density at radius 1 is 1.14 bits per heavy atom. The fourth-order valence-electron chi connectivity index (χ4n) is 2.93. The third-order valence-corrected chi connectivity index (χ3v) is 4.70. The van der Waals surface area contributed by atoms with Crippen molar-refractivity contribution in [1.82, 2.24) is 5.32 Å². The molecule has 2 aromatic rings. The molecule has 0 atom stereocenters. The number of furan rings is 1. The molecule has 120 valence electrons. The van der Waals surface area contributed by atoms with E-state index in [0.29, 0.717) is 6.04 Å². The van der Waals surface area contributed by atoms with Crippen LogP contribution in [-0.2, 0) is 6.54 Å². The van der Waals surface area contributed by atoms with Gasteiger partial charge in [0.1, 0.15) is 11.5 Å². The quantitative estimate of drug-likeness (QED) is 0.766. The smallest absolute Gasteiger partial charge is 0.134 e. The zero-order valence-electron chi connectivity index (χ0n) is 12.9. The van der Waals surface area contributed by atoms with Crippen LogP contribution in [0.15, 0.2) is 34.7 Å². The van der Waals surface area contributed by atoms with Gasteiger partial charge < -0.3 is 9.73 Å². The van der Waals surface area contributed by atoms with E-state index < -0.39 is 0 Å². The van der Waals surface area contributed by atoms with Gasteiger partial charge >= 0.3 is 0 Å². The van der Waals surface area contributed by atoms with E-state index in [-0.39, 0.29) is 12.4 Å². The van der Waals surface area contributed by atoms with Gasteiger partial charge in [-0.1, -0.05) is 43.0 Å². The van der Waals surface area contributed by atoms with E-state index in [0.717, 1.165) is 34.2 Å². The molecule has 0 bridgehead atoms. The molecule has 3 rings (SSSR count). The lowest BCUT2D eigenvalue weighted by Crippen LogP contribution is -2.30. The van der Waals surface area contributed by atoms with E-state index in [4.69, 9.17) is 16.0 Å². The van der Waals surface area contributed by atoms with Crippen LogP contribution < -0.4 is 5.32 Å². The van der Waals surface area contributed by atoms with Gasteiger partial charge in [0.2, 0.25) is 0 Å².